The molecule has 4 aliphatic rings. The van der Waals surface area contributed by atoms with E-state index in [1.54, 1.807) is 4.90 Å². The van der Waals surface area contributed by atoms with Gasteiger partial charge >= 0.3 is 49.1 Å². The topological polar surface area (TPSA) is 346 Å². The third kappa shape index (κ3) is 26.2. The van der Waals surface area contributed by atoms with Crippen LogP contribution in [0.1, 0.15) is 98.0 Å². The minimum absolute atomic E-state index is 0.191. The lowest BCUT2D eigenvalue weighted by Gasteiger charge is -2.32. The quantitative estimate of drug-likeness (QED) is 0.123. The van der Waals surface area contributed by atoms with Gasteiger partial charge in [-0.05, 0) is 111 Å². The Balaban J connectivity index is 0. The molecule has 2 amide bonds. The molecule has 4 aliphatic heterocycles. The summed E-state index contributed by atoms with van der Waals surface area (Å²) < 4.78 is 17.9. The summed E-state index contributed by atoms with van der Waals surface area (Å²) in [6.07, 6.45) is 8.31. The Kier molecular flexibility index (Phi) is 35.6. The van der Waals surface area contributed by atoms with Gasteiger partial charge in [0.25, 0.3) is 0 Å². The van der Waals surface area contributed by atoms with Gasteiger partial charge in [-0.25, -0.2) is 4.79 Å². The second kappa shape index (κ2) is 36.4. The van der Waals surface area contributed by atoms with Crippen LogP contribution >= 0.6 is 47.3 Å². The molecule has 0 radical (unpaired) electrons. The largest absolute Gasteiger partial charge is 0.457 e. The number of amides is 2. The number of likely N-dealkylation sites (tertiary alicyclic amines) is 1. The van der Waals surface area contributed by atoms with Crippen LogP contribution < -0.4 is 16.4 Å². The summed E-state index contributed by atoms with van der Waals surface area (Å²) in [5.74, 6) is -0.282. The van der Waals surface area contributed by atoms with Crippen LogP contribution in [0.25, 0.3) is 0 Å². The minimum Gasteiger partial charge on any atom is -0.445 e. The van der Waals surface area contributed by atoms with E-state index in [2.05, 4.69) is 70.0 Å². The monoisotopic (exact) mass is 1170 g/mol. The third-order valence-electron chi connectivity index (χ3n) is 12.6. The highest BCUT2D eigenvalue weighted by atomic mass is 79.9. The van der Waals surface area contributed by atoms with Crippen LogP contribution in [0.2, 0.25) is 19.0 Å². The van der Waals surface area contributed by atoms with E-state index in [1.807, 2.05) is 65.0 Å². The van der Waals surface area contributed by atoms with Gasteiger partial charge in [0.05, 0.1) is 45.6 Å². The third-order valence-corrected chi connectivity index (χ3v) is 12.6. The van der Waals surface area contributed by atoms with Crippen LogP contribution in [0.4, 0.5) is 4.79 Å². The molecular formula is C42H65B4Br3N6O15. The van der Waals surface area contributed by atoms with Gasteiger partial charge in [0.1, 0.15) is 6.61 Å². The molecule has 0 saturated carbocycles. The second-order valence-electron chi connectivity index (χ2n) is 17.6. The number of ether oxygens (including phenoxy) is 1. The zero-order valence-corrected chi connectivity index (χ0v) is 45.1. The van der Waals surface area contributed by atoms with Crippen molar-refractivity contribution >= 4 is 102 Å². The van der Waals surface area contributed by atoms with Crippen molar-refractivity contribution in [2.24, 2.45) is 22.0 Å². The predicted molar refractivity (Wildman–Crippen MR) is 266 cm³/mol. The minimum atomic E-state index is -1.28. The number of carbonyl (C=O) groups is 2. The molecule has 0 aromatic heterocycles. The van der Waals surface area contributed by atoms with Crippen molar-refractivity contribution in [3.8, 4) is 12.1 Å². The maximum Gasteiger partial charge on any atom is 0.457 e. The highest BCUT2D eigenvalue weighted by Gasteiger charge is 2.52. The van der Waals surface area contributed by atoms with Gasteiger partial charge in [-0.15, -0.1) is 47.3 Å². The Hall–Kier alpha value is -3.54. The maximum atomic E-state index is 12.6. The Morgan fingerprint density at radius 3 is 1.70 bits per heavy atom. The number of nitrogens with two attached hydrogens (primary N) is 1. The predicted octanol–water partition coefficient (Wildman–Crippen LogP) is 3.65. The maximum absolute atomic E-state index is 12.6. The summed E-state index contributed by atoms with van der Waals surface area (Å²) >= 11 is 9.31. The summed E-state index contributed by atoms with van der Waals surface area (Å²) in [5, 5.41) is 59.8. The highest BCUT2D eigenvalue weighted by molar-refractivity contribution is 9.69. The molecule has 386 valence electrons. The van der Waals surface area contributed by atoms with Crippen molar-refractivity contribution in [3.05, 3.63) is 35.9 Å². The van der Waals surface area contributed by atoms with E-state index in [9.17, 15) is 14.9 Å². The number of nitrogens with zero attached hydrogens (tertiary/aromatic N) is 3. The fourth-order valence-corrected chi connectivity index (χ4v) is 7.92. The molecular weight excluding hydrogens is 1110 g/mol. The van der Waals surface area contributed by atoms with E-state index < -0.39 is 25.1 Å². The Bertz CT molecular complexity index is 1810. The molecule has 4 atom stereocenters. The molecule has 1 aromatic carbocycles. The molecule has 1 aromatic rings. The van der Waals surface area contributed by atoms with Crippen LogP contribution in [0, 0.1) is 38.9 Å². The Labute approximate surface area is 436 Å². The van der Waals surface area contributed by atoms with Gasteiger partial charge in [-0.3, -0.25) is 4.79 Å². The molecule has 4 heterocycles. The Morgan fingerprint density at radius 2 is 1.29 bits per heavy atom. The van der Waals surface area contributed by atoms with Crippen molar-refractivity contribution in [1.29, 1.82) is 10.5 Å². The number of benzene rings is 1. The molecule has 4 fully saturated rings. The molecule has 8 N–H and O–H groups in total. The summed E-state index contributed by atoms with van der Waals surface area (Å²) in [6.45, 7) is 14.0. The molecule has 0 unspecified atom stereocenters. The summed E-state index contributed by atoms with van der Waals surface area (Å²) in [6, 6.07) is 14.3. The van der Waals surface area contributed by atoms with E-state index in [4.69, 9.17) is 73.9 Å². The lowest BCUT2D eigenvalue weighted by atomic mass is 9.74. The van der Waals surface area contributed by atoms with Crippen LogP contribution in [-0.4, -0.2) is 130 Å². The van der Waals surface area contributed by atoms with Gasteiger partial charge in [0, 0.05) is 19.6 Å². The van der Waals surface area contributed by atoms with Gasteiger partial charge in [-0.1, -0.05) is 49.6 Å². The fourth-order valence-electron chi connectivity index (χ4n) is 7.92. The van der Waals surface area contributed by atoms with Crippen LogP contribution in [0.5, 0.6) is 0 Å². The molecule has 0 spiro atoms. The summed E-state index contributed by atoms with van der Waals surface area (Å²) in [7, 11) is -2.77. The summed E-state index contributed by atoms with van der Waals surface area (Å²) in [4.78, 5) is 74.3. The molecule has 0 bridgehead atoms. The molecule has 21 nitrogen and oxygen atoms in total. The number of nitrogens with one attached hydrogen (secondary N) is 2. The van der Waals surface area contributed by atoms with E-state index in [0.717, 1.165) is 57.2 Å². The van der Waals surface area contributed by atoms with Gasteiger partial charge < -0.3 is 55.4 Å². The number of rotatable bonds is 15. The zero-order valence-electron chi connectivity index (χ0n) is 40.3. The normalized spacial score (nSPS) is 22.7. The second-order valence-corrected chi connectivity index (χ2v) is 24.1. The molecule has 70 heavy (non-hydrogen) atoms. The van der Waals surface area contributed by atoms with Crippen molar-refractivity contribution in [2.45, 2.75) is 135 Å². The summed E-state index contributed by atoms with van der Waals surface area (Å²) in [5.41, 5.74) is 4.33. The van der Waals surface area contributed by atoms with Crippen molar-refractivity contribution in [2.75, 3.05) is 32.7 Å². The number of nitriles is 2. The van der Waals surface area contributed by atoms with Crippen LogP contribution in [-0.2, 0) is 54.2 Å². The average molecular weight is 1180 g/mol. The first-order chi connectivity index (χ1) is 32.8. The molecule has 4 saturated heterocycles. The molecule has 28 heteroatoms. The van der Waals surface area contributed by atoms with Crippen molar-refractivity contribution in [1.82, 2.24) is 15.5 Å². The first-order valence-electron chi connectivity index (χ1n) is 22.3. The van der Waals surface area contributed by atoms with E-state index in [0.29, 0.717) is 57.8 Å². The first kappa shape index (κ1) is 68.5. The van der Waals surface area contributed by atoms with E-state index in [1.165, 1.54) is 0 Å². The number of halogens is 3. The lowest BCUT2D eigenvalue weighted by molar-refractivity contribution is -0.193. The standard InChI is InChI=1S/C23H33BN2O4.C8H17BN2O3.C8H15BN2O2.3CO2.BBr3/c1-18-23(17-25,12-9-14-24-29-21(2,3)22(4,5)30-24)13-15-26(18)20(27)28-16-19-10-7-6-8-11-19;10-7(12)8(3-5-11-6-8)2-1-4-9(13)14;10-6-8(3-5-11-7-8)2-1-4-9(12)13;3*2-1-3;2-1(3)4/h6-8,10-11,18H,9,12-16H2,1-5H3;11,13-14H,1-6H2,(H2,10,12);11-13H,1-5,7H2;;;;/t18-,23-;2*8-;;;;/m101..../s1. The first-order valence-corrected chi connectivity index (χ1v) is 25.1. The van der Waals surface area contributed by atoms with E-state index >= 15 is 0 Å². The molecule has 5 rings (SSSR count). The lowest BCUT2D eigenvalue weighted by Crippen LogP contribution is -2.41. The highest BCUT2D eigenvalue weighted by Crippen LogP contribution is 2.43. The van der Waals surface area contributed by atoms with Crippen LogP contribution in [0.15, 0.2) is 30.3 Å². The number of primary amides is 1. The Morgan fingerprint density at radius 1 is 0.800 bits per heavy atom. The van der Waals surface area contributed by atoms with Crippen LogP contribution in [0.3, 0.4) is 0 Å². The van der Waals surface area contributed by atoms with Gasteiger partial charge in [0.15, 0.2) is 0 Å². The number of hydrogen-bond donors (Lipinski definition) is 7. The van der Waals surface area contributed by atoms with Crippen molar-refractivity contribution in [3.63, 3.8) is 0 Å². The van der Waals surface area contributed by atoms with Gasteiger partial charge in [-0.2, -0.15) is 39.3 Å². The van der Waals surface area contributed by atoms with Crippen molar-refractivity contribution < 1.29 is 72.5 Å². The number of hydrogen-bond acceptors (Lipinski definition) is 19. The molecule has 0 aliphatic carbocycles. The SMILES string of the molecule is BrB(Br)Br.C[C@H]1N(C(=O)OCc2ccccc2)CC[C@@]1(C#N)CCCB1OC(C)(C)C(C)(C)O1.N#C[C@@]1(CCCB(O)O)CCNC1.NC(=O)[C@@]1(CCCB(O)O)CCNC1.O=C=O.O=C=O.O=C=O. The zero-order chi connectivity index (χ0) is 54.0. The fraction of sp³-hybridized carbons (Fsp3) is 0.690. The van der Waals surface area contributed by atoms with Gasteiger partial charge in [0.2, 0.25) is 5.91 Å². The smallest absolute Gasteiger partial charge is 0.445 e. The van der Waals surface area contributed by atoms with E-state index in [-0.39, 0.29) is 70.0 Å². The number of carbonyl (C=O) groups excluding carboxylic acids is 8. The average Bonchev–Trinajstić information content (AvgIpc) is 4.07.